The second-order valence-electron chi connectivity index (χ2n) is 5.63. The van der Waals surface area contributed by atoms with Crippen LogP contribution in [0.15, 0.2) is 30.3 Å². The molecule has 0 fully saturated rings. The van der Waals surface area contributed by atoms with Crippen molar-refractivity contribution in [2.75, 3.05) is 11.8 Å². The van der Waals surface area contributed by atoms with Crippen molar-refractivity contribution < 1.29 is 0 Å². The zero-order valence-electron chi connectivity index (χ0n) is 12.9. The van der Waals surface area contributed by atoms with E-state index in [4.69, 9.17) is 23.2 Å². The van der Waals surface area contributed by atoms with Crippen molar-refractivity contribution in [2.24, 2.45) is 0 Å². The number of aromatic nitrogens is 2. The third-order valence-electron chi connectivity index (χ3n) is 4.03. The molecule has 0 unspecified atom stereocenters. The fraction of sp³-hybridized carbons (Fsp3) is 0.471. The number of benzene rings is 1. The van der Waals surface area contributed by atoms with Gasteiger partial charge in [0, 0.05) is 35.8 Å². The van der Waals surface area contributed by atoms with Gasteiger partial charge < -0.3 is 0 Å². The quantitative estimate of drug-likeness (QED) is 0.716. The zero-order valence-corrected chi connectivity index (χ0v) is 14.4. The van der Waals surface area contributed by atoms with Gasteiger partial charge in [-0.1, -0.05) is 24.3 Å². The minimum atomic E-state index is -0.256. The number of hydrogen-bond acceptors (Lipinski definition) is 1. The van der Waals surface area contributed by atoms with Gasteiger partial charge in [0.1, 0.15) is 0 Å². The van der Waals surface area contributed by atoms with Crippen molar-refractivity contribution in [3.8, 4) is 0 Å². The molecule has 0 saturated heterocycles. The molecule has 0 aliphatic rings. The van der Waals surface area contributed by atoms with Crippen molar-refractivity contribution in [2.45, 2.75) is 39.2 Å². The van der Waals surface area contributed by atoms with Crippen LogP contribution in [0.2, 0.25) is 0 Å². The largest absolute Gasteiger partial charge is 0.270 e. The van der Waals surface area contributed by atoms with E-state index in [2.05, 4.69) is 43.2 Å². The van der Waals surface area contributed by atoms with E-state index in [1.54, 1.807) is 0 Å². The van der Waals surface area contributed by atoms with Gasteiger partial charge in [-0.3, -0.25) is 4.68 Å². The monoisotopic (exact) mass is 324 g/mol. The second kappa shape index (κ2) is 6.85. The van der Waals surface area contributed by atoms with Crippen LogP contribution in [0.3, 0.4) is 0 Å². The summed E-state index contributed by atoms with van der Waals surface area (Å²) >= 11 is 12.7. The number of rotatable bonds is 6. The molecule has 114 valence electrons. The first-order chi connectivity index (χ1) is 10.1. The summed E-state index contributed by atoms with van der Waals surface area (Å²) in [5.74, 6) is 0.991. The summed E-state index contributed by atoms with van der Waals surface area (Å²) in [5, 5.41) is 4.53. The van der Waals surface area contributed by atoms with Crippen LogP contribution in [0.5, 0.6) is 0 Å². The predicted molar refractivity (Wildman–Crippen MR) is 90.6 cm³/mol. The summed E-state index contributed by atoms with van der Waals surface area (Å²) in [6.45, 7) is 7.10. The predicted octanol–water partition coefficient (Wildman–Crippen LogP) is 4.48. The number of aryl methyl sites for hydroxylation is 3. The lowest BCUT2D eigenvalue weighted by molar-refractivity contribution is 0.496. The summed E-state index contributed by atoms with van der Waals surface area (Å²) in [7, 11) is 0. The Morgan fingerprint density at radius 1 is 1.14 bits per heavy atom. The van der Waals surface area contributed by atoms with E-state index in [9.17, 15) is 0 Å². The second-order valence-corrected chi connectivity index (χ2v) is 6.17. The smallest absolute Gasteiger partial charge is 0.0596 e. The molecule has 1 aromatic carbocycles. The fourth-order valence-corrected chi connectivity index (χ4v) is 3.66. The number of halogens is 2. The third kappa shape index (κ3) is 3.27. The van der Waals surface area contributed by atoms with Crippen molar-refractivity contribution in [1.82, 2.24) is 9.78 Å². The van der Waals surface area contributed by atoms with Crippen molar-refractivity contribution >= 4 is 23.2 Å². The van der Waals surface area contributed by atoms with E-state index >= 15 is 0 Å². The molecule has 1 aromatic heterocycles. The average Bonchev–Trinajstić information content (AvgIpc) is 2.85. The lowest BCUT2D eigenvalue weighted by Crippen LogP contribution is -2.35. The lowest BCUT2D eigenvalue weighted by Gasteiger charge is -2.32. The first-order valence-corrected chi connectivity index (χ1v) is 8.34. The maximum Gasteiger partial charge on any atom is 0.0596 e. The Kier molecular flexibility index (Phi) is 5.34. The fourth-order valence-electron chi connectivity index (χ4n) is 2.90. The molecule has 0 aliphatic heterocycles. The van der Waals surface area contributed by atoms with Crippen molar-refractivity contribution in [3.63, 3.8) is 0 Å². The molecular formula is C17H22Cl2N2. The van der Waals surface area contributed by atoms with Crippen LogP contribution in [0.25, 0.3) is 0 Å². The Morgan fingerprint density at radius 3 is 2.38 bits per heavy atom. The van der Waals surface area contributed by atoms with Crippen LogP contribution in [0, 0.1) is 13.8 Å². The van der Waals surface area contributed by atoms with Crippen LogP contribution in [0.4, 0.5) is 0 Å². The molecule has 0 amide bonds. The van der Waals surface area contributed by atoms with Gasteiger partial charge in [0.2, 0.25) is 0 Å². The molecule has 0 saturated carbocycles. The van der Waals surface area contributed by atoms with E-state index in [1.165, 1.54) is 16.8 Å². The average molecular weight is 325 g/mol. The van der Waals surface area contributed by atoms with E-state index in [0.29, 0.717) is 11.8 Å². The molecule has 2 nitrogen and oxygen atoms in total. The third-order valence-corrected chi connectivity index (χ3v) is 5.06. The van der Waals surface area contributed by atoms with Crippen LogP contribution < -0.4 is 0 Å². The summed E-state index contributed by atoms with van der Waals surface area (Å²) in [5.41, 5.74) is 4.44. The Balaban J connectivity index is 2.45. The zero-order chi connectivity index (χ0) is 15.5. The molecule has 0 atom stereocenters. The number of hydrogen-bond donors (Lipinski definition) is 0. The first-order valence-electron chi connectivity index (χ1n) is 7.27. The normalized spacial score (nSPS) is 11.9. The highest BCUT2D eigenvalue weighted by molar-refractivity contribution is 6.22. The molecule has 1 heterocycles. The van der Waals surface area contributed by atoms with Crippen LogP contribution in [-0.4, -0.2) is 21.5 Å². The highest BCUT2D eigenvalue weighted by Crippen LogP contribution is 2.34. The van der Waals surface area contributed by atoms with Crippen LogP contribution >= 0.6 is 23.2 Å². The molecule has 2 aromatic rings. The summed E-state index contributed by atoms with van der Waals surface area (Å²) in [4.78, 5) is 0. The Bertz CT molecular complexity index is 601. The van der Waals surface area contributed by atoms with E-state index < -0.39 is 0 Å². The molecule has 0 bridgehead atoms. The van der Waals surface area contributed by atoms with E-state index in [1.807, 2.05) is 17.7 Å². The molecule has 0 radical (unpaired) electrons. The molecule has 0 spiro atoms. The van der Waals surface area contributed by atoms with Gasteiger partial charge in [0.05, 0.1) is 5.69 Å². The van der Waals surface area contributed by atoms with Gasteiger partial charge >= 0.3 is 0 Å². The minimum Gasteiger partial charge on any atom is -0.270 e. The first kappa shape index (κ1) is 16.4. The Morgan fingerprint density at radius 2 is 1.81 bits per heavy atom. The number of alkyl halides is 2. The van der Waals surface area contributed by atoms with Gasteiger partial charge in [0.15, 0.2) is 0 Å². The summed E-state index contributed by atoms with van der Waals surface area (Å²) in [6.07, 6.45) is 0.805. The highest BCUT2D eigenvalue weighted by Gasteiger charge is 2.33. The molecular weight excluding hydrogens is 303 g/mol. The molecule has 21 heavy (non-hydrogen) atoms. The SMILES string of the molecule is CCn1nc(C)cc1CC(CCl)(CCl)c1ccccc1C. The van der Waals surface area contributed by atoms with Crippen LogP contribution in [-0.2, 0) is 18.4 Å². The van der Waals surface area contributed by atoms with Gasteiger partial charge in [-0.2, -0.15) is 5.10 Å². The highest BCUT2D eigenvalue weighted by atomic mass is 35.5. The maximum atomic E-state index is 6.37. The lowest BCUT2D eigenvalue weighted by atomic mass is 9.78. The Hall–Kier alpha value is -0.990. The maximum absolute atomic E-state index is 6.37. The van der Waals surface area contributed by atoms with Gasteiger partial charge in [-0.05, 0) is 38.0 Å². The molecule has 0 aliphatic carbocycles. The van der Waals surface area contributed by atoms with E-state index in [0.717, 1.165) is 18.7 Å². The minimum absolute atomic E-state index is 0.256. The van der Waals surface area contributed by atoms with Crippen molar-refractivity contribution in [3.05, 3.63) is 52.8 Å². The molecule has 2 rings (SSSR count). The number of nitrogens with zero attached hydrogens (tertiary/aromatic N) is 2. The van der Waals surface area contributed by atoms with Gasteiger partial charge in [-0.15, -0.1) is 23.2 Å². The van der Waals surface area contributed by atoms with Gasteiger partial charge in [-0.25, -0.2) is 0 Å². The standard InChI is InChI=1S/C17H22Cl2N2/c1-4-21-15(9-14(3)20-21)10-17(11-18,12-19)16-8-6-5-7-13(16)2/h5-9H,4,10-12H2,1-3H3. The topological polar surface area (TPSA) is 17.8 Å². The molecule has 4 heteroatoms. The summed E-state index contributed by atoms with van der Waals surface area (Å²) < 4.78 is 2.04. The molecule has 0 N–H and O–H groups in total. The van der Waals surface area contributed by atoms with E-state index in [-0.39, 0.29) is 5.41 Å². The Labute approximate surface area is 137 Å². The van der Waals surface area contributed by atoms with Crippen LogP contribution in [0.1, 0.15) is 29.4 Å². The van der Waals surface area contributed by atoms with Gasteiger partial charge in [0.25, 0.3) is 0 Å². The van der Waals surface area contributed by atoms with Crippen molar-refractivity contribution in [1.29, 1.82) is 0 Å². The summed E-state index contributed by atoms with van der Waals surface area (Å²) in [6, 6.07) is 10.5.